The Balaban J connectivity index is 1.65. The van der Waals surface area contributed by atoms with Gasteiger partial charge < -0.3 is 10.1 Å². The van der Waals surface area contributed by atoms with Crippen LogP contribution in [-0.2, 0) is 0 Å². The van der Waals surface area contributed by atoms with Gasteiger partial charge in [0.1, 0.15) is 5.75 Å². The number of hydrogen-bond acceptors (Lipinski definition) is 2. The lowest BCUT2D eigenvalue weighted by Gasteiger charge is -2.22. The van der Waals surface area contributed by atoms with E-state index in [4.69, 9.17) is 4.74 Å². The molecule has 1 aromatic carbocycles. The minimum atomic E-state index is 0.622. The maximum absolute atomic E-state index is 5.82. The van der Waals surface area contributed by atoms with Crippen molar-refractivity contribution >= 4 is 0 Å². The molecular weight excluding hydrogens is 234 g/mol. The first-order valence-corrected chi connectivity index (χ1v) is 7.76. The maximum atomic E-state index is 5.82. The van der Waals surface area contributed by atoms with E-state index < -0.39 is 0 Å². The van der Waals surface area contributed by atoms with Gasteiger partial charge in [-0.2, -0.15) is 0 Å². The molecule has 1 aromatic rings. The summed E-state index contributed by atoms with van der Waals surface area (Å²) >= 11 is 0. The van der Waals surface area contributed by atoms with Crippen LogP contribution in [0.3, 0.4) is 0 Å². The van der Waals surface area contributed by atoms with Gasteiger partial charge in [0.2, 0.25) is 0 Å². The molecule has 3 rings (SSSR count). The fourth-order valence-electron chi connectivity index (χ4n) is 3.76. The second-order valence-corrected chi connectivity index (χ2v) is 6.15. The number of benzene rings is 1. The first-order chi connectivity index (χ1) is 9.36. The van der Waals surface area contributed by atoms with Gasteiger partial charge in [0.25, 0.3) is 0 Å². The molecule has 2 heteroatoms. The SMILES string of the molecule is CNC1CCCCC(CC2COc3ccccc32)C1. The summed E-state index contributed by atoms with van der Waals surface area (Å²) in [5, 5.41) is 3.49. The van der Waals surface area contributed by atoms with Crippen LogP contribution in [0.2, 0.25) is 0 Å². The highest BCUT2D eigenvalue weighted by atomic mass is 16.5. The molecule has 1 N–H and O–H groups in total. The second-order valence-electron chi connectivity index (χ2n) is 6.15. The zero-order chi connectivity index (χ0) is 13.1. The van der Waals surface area contributed by atoms with E-state index in [0.717, 1.165) is 24.3 Å². The molecule has 1 aliphatic heterocycles. The summed E-state index contributed by atoms with van der Waals surface area (Å²) in [5.41, 5.74) is 1.44. The monoisotopic (exact) mass is 259 g/mol. The Hall–Kier alpha value is -1.02. The highest BCUT2D eigenvalue weighted by Gasteiger charge is 2.28. The molecular formula is C17H25NO. The van der Waals surface area contributed by atoms with Crippen LogP contribution in [0, 0.1) is 5.92 Å². The van der Waals surface area contributed by atoms with Crippen LogP contribution in [0.25, 0.3) is 0 Å². The summed E-state index contributed by atoms with van der Waals surface area (Å²) in [6.07, 6.45) is 8.18. The van der Waals surface area contributed by atoms with Gasteiger partial charge in [-0.25, -0.2) is 0 Å². The Labute approximate surface area is 116 Å². The third-order valence-electron chi connectivity index (χ3n) is 4.86. The highest BCUT2D eigenvalue weighted by molar-refractivity contribution is 5.39. The van der Waals surface area contributed by atoms with Gasteiger partial charge in [-0.1, -0.05) is 37.5 Å². The standard InChI is InChI=1S/C17H25NO/c1-18-15-7-3-2-6-13(11-15)10-14-12-19-17-9-5-4-8-16(14)17/h4-5,8-9,13-15,18H,2-3,6-7,10-12H2,1H3. The van der Waals surface area contributed by atoms with E-state index in [1.54, 1.807) is 0 Å². The van der Waals surface area contributed by atoms with Gasteiger partial charge >= 0.3 is 0 Å². The smallest absolute Gasteiger partial charge is 0.122 e. The van der Waals surface area contributed by atoms with Crippen molar-refractivity contribution in [2.24, 2.45) is 5.92 Å². The summed E-state index contributed by atoms with van der Waals surface area (Å²) in [6, 6.07) is 9.30. The Morgan fingerprint density at radius 1 is 1.21 bits per heavy atom. The van der Waals surface area contributed by atoms with Crippen LogP contribution in [-0.4, -0.2) is 19.7 Å². The molecule has 19 heavy (non-hydrogen) atoms. The van der Waals surface area contributed by atoms with Gasteiger partial charge in [0.15, 0.2) is 0 Å². The molecule has 2 aliphatic rings. The predicted octanol–water partition coefficient (Wildman–Crippen LogP) is 3.72. The molecule has 1 saturated carbocycles. The molecule has 0 amide bonds. The van der Waals surface area contributed by atoms with Crippen molar-refractivity contribution in [2.75, 3.05) is 13.7 Å². The van der Waals surface area contributed by atoms with Crippen molar-refractivity contribution in [1.82, 2.24) is 5.32 Å². The lowest BCUT2D eigenvalue weighted by molar-refractivity contribution is 0.290. The number of nitrogens with one attached hydrogen (secondary N) is 1. The zero-order valence-corrected chi connectivity index (χ0v) is 11.9. The van der Waals surface area contributed by atoms with E-state index in [2.05, 4.69) is 36.6 Å². The molecule has 3 unspecified atom stereocenters. The summed E-state index contributed by atoms with van der Waals surface area (Å²) in [5.74, 6) is 2.60. The Bertz CT molecular complexity index is 417. The van der Waals surface area contributed by atoms with Gasteiger partial charge in [0, 0.05) is 17.5 Å². The van der Waals surface area contributed by atoms with E-state index in [-0.39, 0.29) is 0 Å². The minimum absolute atomic E-state index is 0.622. The first-order valence-electron chi connectivity index (χ1n) is 7.76. The molecule has 0 bridgehead atoms. The quantitative estimate of drug-likeness (QED) is 0.835. The lowest BCUT2D eigenvalue weighted by Crippen LogP contribution is -2.26. The van der Waals surface area contributed by atoms with Crippen molar-refractivity contribution in [2.45, 2.75) is 50.5 Å². The molecule has 2 nitrogen and oxygen atoms in total. The third-order valence-corrected chi connectivity index (χ3v) is 4.86. The van der Waals surface area contributed by atoms with Crippen molar-refractivity contribution in [1.29, 1.82) is 0 Å². The van der Waals surface area contributed by atoms with Gasteiger partial charge in [-0.15, -0.1) is 0 Å². The van der Waals surface area contributed by atoms with Crippen LogP contribution in [0.4, 0.5) is 0 Å². The van der Waals surface area contributed by atoms with Crippen LogP contribution in [0.1, 0.15) is 50.0 Å². The fraction of sp³-hybridized carbons (Fsp3) is 0.647. The summed E-state index contributed by atoms with van der Waals surface area (Å²) in [6.45, 7) is 0.889. The molecule has 0 spiro atoms. The molecule has 0 radical (unpaired) electrons. The normalized spacial score (nSPS) is 30.5. The first kappa shape index (κ1) is 13.0. The molecule has 3 atom stereocenters. The number of ether oxygens (including phenoxy) is 1. The van der Waals surface area contributed by atoms with Crippen molar-refractivity contribution < 1.29 is 4.74 Å². The van der Waals surface area contributed by atoms with E-state index in [1.165, 1.54) is 44.1 Å². The van der Waals surface area contributed by atoms with Crippen molar-refractivity contribution in [3.63, 3.8) is 0 Å². The minimum Gasteiger partial charge on any atom is -0.493 e. The number of rotatable bonds is 3. The van der Waals surface area contributed by atoms with Gasteiger partial charge in [-0.05, 0) is 38.3 Å². The average molecular weight is 259 g/mol. The number of fused-ring (bicyclic) bond motifs is 1. The summed E-state index contributed by atoms with van der Waals surface area (Å²) in [4.78, 5) is 0. The number of para-hydroxylation sites is 1. The largest absolute Gasteiger partial charge is 0.493 e. The summed E-state index contributed by atoms with van der Waals surface area (Å²) in [7, 11) is 2.11. The van der Waals surface area contributed by atoms with Crippen LogP contribution in [0.15, 0.2) is 24.3 Å². The molecule has 1 fully saturated rings. The molecule has 1 heterocycles. The maximum Gasteiger partial charge on any atom is 0.122 e. The lowest BCUT2D eigenvalue weighted by atomic mass is 9.85. The summed E-state index contributed by atoms with van der Waals surface area (Å²) < 4.78 is 5.82. The van der Waals surface area contributed by atoms with Gasteiger partial charge in [0.05, 0.1) is 6.61 Å². The topological polar surface area (TPSA) is 21.3 Å². The van der Waals surface area contributed by atoms with Crippen LogP contribution in [0.5, 0.6) is 5.75 Å². The Kier molecular flexibility index (Phi) is 4.07. The second kappa shape index (κ2) is 5.96. The van der Waals surface area contributed by atoms with E-state index >= 15 is 0 Å². The Morgan fingerprint density at radius 2 is 2.05 bits per heavy atom. The molecule has 1 aliphatic carbocycles. The van der Waals surface area contributed by atoms with E-state index in [9.17, 15) is 0 Å². The molecule has 104 valence electrons. The van der Waals surface area contributed by atoms with Crippen molar-refractivity contribution in [3.8, 4) is 5.75 Å². The third kappa shape index (κ3) is 2.94. The van der Waals surface area contributed by atoms with Crippen LogP contribution < -0.4 is 10.1 Å². The van der Waals surface area contributed by atoms with E-state index in [1.807, 2.05) is 0 Å². The predicted molar refractivity (Wildman–Crippen MR) is 78.7 cm³/mol. The van der Waals surface area contributed by atoms with Crippen LogP contribution >= 0.6 is 0 Å². The highest BCUT2D eigenvalue weighted by Crippen LogP contribution is 2.39. The number of hydrogen-bond donors (Lipinski definition) is 1. The molecule has 0 aromatic heterocycles. The fourth-order valence-corrected chi connectivity index (χ4v) is 3.76. The zero-order valence-electron chi connectivity index (χ0n) is 11.9. The molecule has 0 saturated heterocycles. The van der Waals surface area contributed by atoms with Crippen molar-refractivity contribution in [3.05, 3.63) is 29.8 Å². The van der Waals surface area contributed by atoms with E-state index in [0.29, 0.717) is 5.92 Å². The van der Waals surface area contributed by atoms with Gasteiger partial charge in [-0.3, -0.25) is 0 Å². The Morgan fingerprint density at radius 3 is 2.95 bits per heavy atom. The average Bonchev–Trinajstić information content (AvgIpc) is 2.70.